The minimum atomic E-state index is -0.519. The number of hydrogen-bond donors (Lipinski definition) is 4. The molecule has 1 fully saturated rings. The fourth-order valence-electron chi connectivity index (χ4n) is 4.18. The summed E-state index contributed by atoms with van der Waals surface area (Å²) in [5, 5.41) is 21.0. The van der Waals surface area contributed by atoms with Crippen LogP contribution in [-0.2, 0) is 4.74 Å². The first kappa shape index (κ1) is 24.7. The second kappa shape index (κ2) is 10.0. The monoisotopic (exact) mass is 498 g/mol. The summed E-state index contributed by atoms with van der Waals surface area (Å²) in [5.41, 5.74) is 8.72. The number of anilines is 1. The number of amides is 1. The highest BCUT2D eigenvalue weighted by molar-refractivity contribution is 6.33. The van der Waals surface area contributed by atoms with Gasteiger partial charge in [-0.25, -0.2) is 14.3 Å². The van der Waals surface area contributed by atoms with E-state index >= 15 is 0 Å². The number of phenols is 1. The maximum atomic E-state index is 12.1. The highest BCUT2D eigenvalue weighted by atomic mass is 35.5. The van der Waals surface area contributed by atoms with E-state index in [2.05, 4.69) is 20.7 Å². The normalized spacial score (nSPS) is 18.9. The SMILES string of the molecule is CC(C)(C)OC(=O)N[C@H]1CC[C@H](Nc2c(C(N)=Nc3ccc(O)cc3Cl)cnn3cccc23)CC1. The van der Waals surface area contributed by atoms with E-state index in [4.69, 9.17) is 22.1 Å². The second-order valence-electron chi connectivity index (χ2n) is 9.74. The van der Waals surface area contributed by atoms with Crippen molar-refractivity contribution in [3.8, 4) is 5.75 Å². The summed E-state index contributed by atoms with van der Waals surface area (Å²) >= 11 is 6.22. The number of nitrogens with two attached hydrogens (primary N) is 1. The van der Waals surface area contributed by atoms with Crippen LogP contribution < -0.4 is 16.4 Å². The Hall–Kier alpha value is -3.46. The van der Waals surface area contributed by atoms with Gasteiger partial charge in [-0.2, -0.15) is 5.10 Å². The second-order valence-corrected chi connectivity index (χ2v) is 10.2. The van der Waals surface area contributed by atoms with Gasteiger partial charge in [0, 0.05) is 24.3 Å². The van der Waals surface area contributed by atoms with Crippen molar-refractivity contribution in [1.82, 2.24) is 14.9 Å². The molecule has 0 saturated heterocycles. The molecule has 9 nitrogen and oxygen atoms in total. The van der Waals surface area contributed by atoms with Crippen molar-refractivity contribution in [2.24, 2.45) is 10.7 Å². The molecule has 3 aromatic rings. The zero-order chi connectivity index (χ0) is 25.2. The van der Waals surface area contributed by atoms with E-state index < -0.39 is 5.60 Å². The minimum absolute atomic E-state index is 0.0583. The van der Waals surface area contributed by atoms with Gasteiger partial charge in [-0.1, -0.05) is 11.6 Å². The molecule has 2 aromatic heterocycles. The zero-order valence-corrected chi connectivity index (χ0v) is 20.8. The number of fused-ring (bicyclic) bond motifs is 1. The molecule has 1 aromatic carbocycles. The molecule has 0 bridgehead atoms. The van der Waals surface area contributed by atoms with Crippen LogP contribution in [0, 0.1) is 0 Å². The molecule has 5 N–H and O–H groups in total. The quantitative estimate of drug-likeness (QED) is 0.290. The fraction of sp³-hybridized carbons (Fsp3) is 0.400. The lowest BCUT2D eigenvalue weighted by Gasteiger charge is -2.31. The Balaban J connectivity index is 1.51. The lowest BCUT2D eigenvalue weighted by molar-refractivity contribution is 0.0492. The number of amidine groups is 1. The molecule has 1 amide bonds. The predicted molar refractivity (Wildman–Crippen MR) is 138 cm³/mol. The molecular weight excluding hydrogens is 468 g/mol. The highest BCUT2D eigenvalue weighted by Crippen LogP contribution is 2.31. The van der Waals surface area contributed by atoms with E-state index in [-0.39, 0.29) is 29.8 Å². The van der Waals surface area contributed by atoms with Crippen LogP contribution in [0.15, 0.2) is 47.7 Å². The lowest BCUT2D eigenvalue weighted by atomic mass is 9.91. The average molecular weight is 499 g/mol. The number of phenolic OH excluding ortho intramolecular Hbond substituents is 1. The number of benzene rings is 1. The van der Waals surface area contributed by atoms with Gasteiger partial charge in [0.15, 0.2) is 0 Å². The van der Waals surface area contributed by atoms with Crippen molar-refractivity contribution in [3.63, 3.8) is 0 Å². The molecule has 35 heavy (non-hydrogen) atoms. The molecule has 1 aliphatic carbocycles. The Bertz CT molecular complexity index is 1240. The predicted octanol–water partition coefficient (Wildman–Crippen LogP) is 4.98. The van der Waals surface area contributed by atoms with Gasteiger partial charge in [0.1, 0.15) is 17.2 Å². The van der Waals surface area contributed by atoms with Gasteiger partial charge in [0.25, 0.3) is 0 Å². The zero-order valence-electron chi connectivity index (χ0n) is 20.1. The number of aliphatic imine (C=N–C) groups is 1. The number of alkyl carbamates (subject to hydrolysis) is 1. The average Bonchev–Trinajstić information content (AvgIpc) is 3.25. The fourth-order valence-corrected chi connectivity index (χ4v) is 4.39. The van der Waals surface area contributed by atoms with Crippen molar-refractivity contribution in [3.05, 3.63) is 53.3 Å². The van der Waals surface area contributed by atoms with Gasteiger partial charge in [0.2, 0.25) is 0 Å². The Morgan fingerprint density at radius 3 is 2.63 bits per heavy atom. The number of aromatic nitrogens is 2. The lowest BCUT2D eigenvalue weighted by Crippen LogP contribution is -2.42. The van der Waals surface area contributed by atoms with E-state index in [1.807, 2.05) is 39.1 Å². The molecule has 1 saturated carbocycles. The standard InChI is InChI=1S/C25H31ClN6O3/c1-25(2,3)35-24(34)30-16-8-6-15(7-9-16)29-22-18(14-28-32-12-4-5-21(22)32)23(27)31-20-11-10-17(33)13-19(20)26/h4-5,10-16,29,33H,6-9H2,1-3H3,(H2,27,31)(H,30,34)/t15-,16-. The number of nitrogens with zero attached hydrogens (tertiary/aromatic N) is 3. The molecule has 0 spiro atoms. The van der Waals surface area contributed by atoms with Gasteiger partial charge in [-0.3, -0.25) is 0 Å². The first-order valence-electron chi connectivity index (χ1n) is 11.6. The van der Waals surface area contributed by atoms with E-state index in [0.29, 0.717) is 16.3 Å². The number of carbonyl (C=O) groups is 1. The number of halogens is 1. The van der Waals surface area contributed by atoms with Crippen molar-refractivity contribution in [1.29, 1.82) is 0 Å². The van der Waals surface area contributed by atoms with Crippen LogP contribution in [0.25, 0.3) is 5.52 Å². The third-order valence-corrected chi connectivity index (χ3v) is 6.11. The topological polar surface area (TPSA) is 126 Å². The maximum absolute atomic E-state index is 12.1. The van der Waals surface area contributed by atoms with Gasteiger partial charge >= 0.3 is 6.09 Å². The van der Waals surface area contributed by atoms with Crippen LogP contribution in [0.1, 0.15) is 52.0 Å². The molecule has 0 aliphatic heterocycles. The van der Waals surface area contributed by atoms with Crippen LogP contribution in [0.3, 0.4) is 0 Å². The summed E-state index contributed by atoms with van der Waals surface area (Å²) in [6.07, 6.45) is 6.58. The Morgan fingerprint density at radius 1 is 1.23 bits per heavy atom. The molecule has 1 aliphatic rings. The first-order valence-corrected chi connectivity index (χ1v) is 12.0. The van der Waals surface area contributed by atoms with Gasteiger partial charge in [0.05, 0.1) is 33.7 Å². The molecule has 4 rings (SSSR count). The minimum Gasteiger partial charge on any atom is -0.508 e. The van der Waals surface area contributed by atoms with Gasteiger partial charge < -0.3 is 26.2 Å². The third-order valence-electron chi connectivity index (χ3n) is 5.81. The molecule has 0 radical (unpaired) electrons. The van der Waals surface area contributed by atoms with E-state index in [1.165, 1.54) is 12.1 Å². The van der Waals surface area contributed by atoms with Crippen LogP contribution in [0.4, 0.5) is 16.2 Å². The molecule has 2 heterocycles. The molecular formula is C25H31ClN6O3. The van der Waals surface area contributed by atoms with Crippen molar-refractivity contribution >= 4 is 40.4 Å². The van der Waals surface area contributed by atoms with Crippen LogP contribution in [0.5, 0.6) is 5.75 Å². The molecule has 186 valence electrons. The van der Waals surface area contributed by atoms with Crippen LogP contribution >= 0.6 is 11.6 Å². The summed E-state index contributed by atoms with van der Waals surface area (Å²) in [4.78, 5) is 16.6. The molecule has 0 unspecified atom stereocenters. The van der Waals surface area contributed by atoms with Crippen molar-refractivity contribution in [2.45, 2.75) is 64.1 Å². The largest absolute Gasteiger partial charge is 0.508 e. The molecule has 0 atom stereocenters. The maximum Gasteiger partial charge on any atom is 0.407 e. The highest BCUT2D eigenvalue weighted by Gasteiger charge is 2.26. The summed E-state index contributed by atoms with van der Waals surface area (Å²) in [6.45, 7) is 5.56. The van der Waals surface area contributed by atoms with E-state index in [9.17, 15) is 9.90 Å². The van der Waals surface area contributed by atoms with Gasteiger partial charge in [-0.05, 0) is 70.7 Å². The summed E-state index contributed by atoms with van der Waals surface area (Å²) < 4.78 is 7.16. The smallest absolute Gasteiger partial charge is 0.407 e. The Morgan fingerprint density at radius 2 is 1.94 bits per heavy atom. The number of rotatable bonds is 5. The van der Waals surface area contributed by atoms with Crippen molar-refractivity contribution < 1.29 is 14.6 Å². The summed E-state index contributed by atoms with van der Waals surface area (Å²) in [5.74, 6) is 0.319. The number of aromatic hydroxyl groups is 1. The number of carbonyl (C=O) groups excluding carboxylic acids is 1. The Kier molecular flexibility index (Phi) is 7.07. The van der Waals surface area contributed by atoms with Crippen LogP contribution in [-0.4, -0.2) is 44.3 Å². The first-order chi connectivity index (χ1) is 16.6. The summed E-state index contributed by atoms with van der Waals surface area (Å²) in [6, 6.07) is 8.70. The van der Waals surface area contributed by atoms with E-state index in [1.54, 1.807) is 16.8 Å². The van der Waals surface area contributed by atoms with Crippen molar-refractivity contribution in [2.75, 3.05) is 5.32 Å². The third kappa shape index (κ3) is 6.16. The van der Waals surface area contributed by atoms with Crippen LogP contribution in [0.2, 0.25) is 5.02 Å². The molecule has 10 heteroatoms. The summed E-state index contributed by atoms with van der Waals surface area (Å²) in [7, 11) is 0. The van der Waals surface area contributed by atoms with Gasteiger partial charge in [-0.15, -0.1) is 0 Å². The Labute approximate surface area is 209 Å². The van der Waals surface area contributed by atoms with E-state index in [0.717, 1.165) is 36.9 Å². The number of ether oxygens (including phenoxy) is 1. The number of nitrogens with one attached hydrogen (secondary N) is 2. The number of hydrogen-bond acceptors (Lipinski definition) is 6.